The van der Waals surface area contributed by atoms with Crippen LogP contribution in [-0.2, 0) is 18.9 Å². The Morgan fingerprint density at radius 3 is 2.61 bits per heavy atom. The molecule has 0 amide bonds. The van der Waals surface area contributed by atoms with Crippen LogP contribution in [0.3, 0.4) is 0 Å². The fourth-order valence-electron chi connectivity index (χ4n) is 3.59. The molecule has 5 nitrogen and oxygen atoms in total. The van der Waals surface area contributed by atoms with E-state index in [1.54, 1.807) is 6.92 Å². The molecule has 0 aliphatic heterocycles. The largest absolute Gasteiger partial charge is 0.481 e. The number of hydrogen-bond acceptors (Lipinski definition) is 4. The lowest BCUT2D eigenvalue weighted by molar-refractivity contribution is -0.144. The molecular formula is C20H31F2O5P. The van der Waals surface area contributed by atoms with Crippen molar-refractivity contribution in [3.8, 4) is 0 Å². The van der Waals surface area contributed by atoms with Crippen molar-refractivity contribution in [2.75, 3.05) is 0 Å². The summed E-state index contributed by atoms with van der Waals surface area (Å²) < 4.78 is 33.1. The number of allylic oxidation sites excluding steroid dienone is 2. The van der Waals surface area contributed by atoms with Crippen LogP contribution in [0.4, 0.5) is 8.78 Å². The predicted molar refractivity (Wildman–Crippen MR) is 105 cm³/mol. The van der Waals surface area contributed by atoms with Crippen LogP contribution in [0.15, 0.2) is 12.2 Å². The van der Waals surface area contributed by atoms with Crippen molar-refractivity contribution < 1.29 is 32.8 Å². The van der Waals surface area contributed by atoms with Gasteiger partial charge in [0.15, 0.2) is 0 Å². The summed E-state index contributed by atoms with van der Waals surface area (Å²) in [6.07, 6.45) is 5.55. The van der Waals surface area contributed by atoms with Crippen LogP contribution in [0, 0.1) is 11.8 Å². The highest BCUT2D eigenvalue weighted by atomic mass is 31.0. The molecule has 0 radical (unpaired) electrons. The average Bonchev–Trinajstić information content (AvgIpc) is 2.95. The normalized spacial score (nSPS) is 22.9. The third kappa shape index (κ3) is 8.04. The molecule has 28 heavy (non-hydrogen) atoms. The fraction of sp³-hybridized carbons (Fsp3) is 0.750. The minimum absolute atomic E-state index is 0.0119. The lowest BCUT2D eigenvalue weighted by Crippen LogP contribution is -2.30. The molecule has 0 aromatic carbocycles. The predicted octanol–water partition coefficient (Wildman–Crippen LogP) is 4.74. The van der Waals surface area contributed by atoms with E-state index in [0.717, 1.165) is 0 Å². The van der Waals surface area contributed by atoms with Gasteiger partial charge in [-0.05, 0) is 38.0 Å². The van der Waals surface area contributed by atoms with Crippen LogP contribution in [0.1, 0.15) is 71.1 Å². The van der Waals surface area contributed by atoms with E-state index in [0.29, 0.717) is 32.1 Å². The molecule has 1 N–H and O–H groups in total. The summed E-state index contributed by atoms with van der Waals surface area (Å²) in [5, 5.41) is 8.61. The molecule has 1 saturated carbocycles. The number of carboxylic acid groups (broad SMARTS) is 1. The third-order valence-electron chi connectivity index (χ3n) is 5.26. The second kappa shape index (κ2) is 12.4. The van der Waals surface area contributed by atoms with E-state index >= 15 is 0 Å². The maximum absolute atomic E-state index is 13.9. The first kappa shape index (κ1) is 24.8. The monoisotopic (exact) mass is 420 g/mol. The van der Waals surface area contributed by atoms with Gasteiger partial charge in [-0.2, -0.15) is 8.78 Å². The molecule has 0 aromatic rings. The maximum atomic E-state index is 13.9. The van der Waals surface area contributed by atoms with Gasteiger partial charge in [-0.3, -0.25) is 14.4 Å². The van der Waals surface area contributed by atoms with Gasteiger partial charge in [0.2, 0.25) is 5.78 Å². The smallest absolute Gasteiger partial charge is 0.305 e. The summed E-state index contributed by atoms with van der Waals surface area (Å²) in [4.78, 5) is 34.8. The average molecular weight is 420 g/mol. The lowest BCUT2D eigenvalue weighted by Gasteiger charge is -2.23. The molecule has 1 aliphatic rings. The molecule has 4 unspecified atom stereocenters. The Bertz CT molecular complexity index is 565. The van der Waals surface area contributed by atoms with Crippen molar-refractivity contribution >= 4 is 27.0 Å². The van der Waals surface area contributed by atoms with Crippen molar-refractivity contribution in [3.63, 3.8) is 0 Å². The van der Waals surface area contributed by atoms with E-state index in [4.69, 9.17) is 9.63 Å². The lowest BCUT2D eigenvalue weighted by atomic mass is 9.86. The summed E-state index contributed by atoms with van der Waals surface area (Å²) in [5.74, 6) is -5.85. The minimum atomic E-state index is -3.31. The Kier molecular flexibility index (Phi) is 11.0. The van der Waals surface area contributed by atoms with E-state index in [-0.39, 0.29) is 49.4 Å². The van der Waals surface area contributed by atoms with E-state index in [1.165, 1.54) is 0 Å². The summed E-state index contributed by atoms with van der Waals surface area (Å²) in [5.41, 5.74) is 0. The summed E-state index contributed by atoms with van der Waals surface area (Å²) >= 11 is 0. The molecular weight excluding hydrogens is 389 g/mol. The van der Waals surface area contributed by atoms with E-state index in [2.05, 4.69) is 9.47 Å². The highest BCUT2D eigenvalue weighted by Crippen LogP contribution is 2.39. The number of alkyl halides is 2. The number of ketones is 2. The van der Waals surface area contributed by atoms with E-state index in [9.17, 15) is 23.2 Å². The van der Waals surface area contributed by atoms with Gasteiger partial charge in [0.05, 0.1) is 6.10 Å². The van der Waals surface area contributed by atoms with Crippen molar-refractivity contribution in [3.05, 3.63) is 12.2 Å². The van der Waals surface area contributed by atoms with Gasteiger partial charge >= 0.3 is 11.9 Å². The second-order valence-electron chi connectivity index (χ2n) is 7.38. The summed E-state index contributed by atoms with van der Waals surface area (Å²) in [6.45, 7) is 1.80. The van der Waals surface area contributed by atoms with Crippen LogP contribution in [0.5, 0.6) is 0 Å². The number of rotatable bonds is 14. The molecule has 1 rings (SSSR count). The SMILES string of the molecule is CCCCC(F)(F)C(=O)CCC1C(OP)CC(=O)C1C/C=C/CCCC(=O)O. The molecule has 1 aliphatic carbocycles. The molecule has 1 fully saturated rings. The molecule has 0 bridgehead atoms. The maximum Gasteiger partial charge on any atom is 0.305 e. The first-order valence-electron chi connectivity index (χ1n) is 9.89. The molecule has 8 heteroatoms. The number of Topliss-reactive ketones (excluding diaryl/α,β-unsaturated/α-hetero) is 2. The zero-order chi connectivity index (χ0) is 21.2. The minimum Gasteiger partial charge on any atom is -0.481 e. The molecule has 4 atom stereocenters. The van der Waals surface area contributed by atoms with Gasteiger partial charge in [-0.1, -0.05) is 25.5 Å². The van der Waals surface area contributed by atoms with Crippen molar-refractivity contribution in [1.82, 2.24) is 0 Å². The van der Waals surface area contributed by atoms with Gasteiger partial charge in [0.25, 0.3) is 0 Å². The number of aliphatic carboxylic acids is 1. The Hall–Kier alpha value is -1.20. The summed E-state index contributed by atoms with van der Waals surface area (Å²) in [6, 6.07) is 0. The number of carboxylic acids is 1. The highest BCUT2D eigenvalue weighted by molar-refractivity contribution is 7.09. The number of hydrogen-bond donors (Lipinski definition) is 1. The Labute approximate surface area is 167 Å². The van der Waals surface area contributed by atoms with Gasteiger partial charge in [0.1, 0.15) is 5.78 Å². The Morgan fingerprint density at radius 1 is 1.29 bits per heavy atom. The number of carbonyl (C=O) groups excluding carboxylic acids is 2. The molecule has 0 saturated heterocycles. The number of unbranched alkanes of at least 4 members (excludes halogenated alkanes) is 2. The van der Waals surface area contributed by atoms with Crippen LogP contribution in [-0.4, -0.2) is 34.7 Å². The van der Waals surface area contributed by atoms with Gasteiger partial charge < -0.3 is 9.63 Å². The fourth-order valence-corrected chi connectivity index (χ4v) is 3.89. The van der Waals surface area contributed by atoms with Gasteiger partial charge in [-0.25, -0.2) is 0 Å². The second-order valence-corrected chi connectivity index (χ2v) is 7.65. The first-order valence-corrected chi connectivity index (χ1v) is 10.4. The van der Waals surface area contributed by atoms with Crippen LogP contribution >= 0.6 is 9.47 Å². The van der Waals surface area contributed by atoms with Crippen LogP contribution < -0.4 is 0 Å². The highest BCUT2D eigenvalue weighted by Gasteiger charge is 2.43. The first-order chi connectivity index (χ1) is 13.2. The third-order valence-corrected chi connectivity index (χ3v) is 5.61. The molecule has 0 heterocycles. The van der Waals surface area contributed by atoms with Crippen molar-refractivity contribution in [1.29, 1.82) is 0 Å². The van der Waals surface area contributed by atoms with Crippen molar-refractivity contribution in [2.24, 2.45) is 11.8 Å². The molecule has 0 spiro atoms. The standard InChI is InChI=1S/C20H31F2O5P/c1-2-3-12-20(21,22)18(24)11-10-15-14(16(23)13-17(15)27-28)8-6-4-5-7-9-19(25)26/h4,6,14-15,17H,2-3,5,7-13,28H2,1H3,(H,25,26)/b6-4+. The Morgan fingerprint density at radius 2 is 2.00 bits per heavy atom. The molecule has 0 aromatic heterocycles. The zero-order valence-electron chi connectivity index (χ0n) is 16.4. The quantitative estimate of drug-likeness (QED) is 0.249. The van der Waals surface area contributed by atoms with Crippen LogP contribution in [0.2, 0.25) is 0 Å². The van der Waals surface area contributed by atoms with Gasteiger partial charge in [0, 0.05) is 41.1 Å². The van der Waals surface area contributed by atoms with Gasteiger partial charge in [-0.15, -0.1) is 0 Å². The Balaban J connectivity index is 2.61. The number of carbonyl (C=O) groups is 3. The van der Waals surface area contributed by atoms with E-state index < -0.39 is 24.1 Å². The van der Waals surface area contributed by atoms with Crippen LogP contribution in [0.25, 0.3) is 0 Å². The zero-order valence-corrected chi connectivity index (χ0v) is 17.5. The topological polar surface area (TPSA) is 80.7 Å². The molecule has 160 valence electrons. The van der Waals surface area contributed by atoms with E-state index in [1.807, 2.05) is 12.2 Å². The number of halogens is 2. The van der Waals surface area contributed by atoms with Crippen molar-refractivity contribution in [2.45, 2.75) is 83.2 Å². The summed E-state index contributed by atoms with van der Waals surface area (Å²) in [7, 11) is 2.12.